The molecule has 2 heteroatoms. The van der Waals surface area contributed by atoms with Crippen LogP contribution in [0.15, 0.2) is 12.2 Å². The molecule has 1 atom stereocenters. The predicted octanol–water partition coefficient (Wildman–Crippen LogP) is 3.40. The highest BCUT2D eigenvalue weighted by molar-refractivity contribution is 4.85. The van der Waals surface area contributed by atoms with Crippen molar-refractivity contribution in [1.82, 2.24) is 5.32 Å². The molecule has 0 saturated heterocycles. The molecule has 2 nitrogen and oxygen atoms in total. The minimum atomic E-state index is -0.00917. The van der Waals surface area contributed by atoms with Crippen LogP contribution in [0, 0.1) is 11.3 Å². The largest absolute Gasteiger partial charge is 0.302 e. The van der Waals surface area contributed by atoms with Gasteiger partial charge in [-0.05, 0) is 39.2 Å². The van der Waals surface area contributed by atoms with Gasteiger partial charge in [-0.3, -0.25) is 0 Å². The van der Waals surface area contributed by atoms with E-state index in [1.807, 2.05) is 6.92 Å². The highest BCUT2D eigenvalue weighted by Crippen LogP contribution is 1.99. The summed E-state index contributed by atoms with van der Waals surface area (Å²) in [6.45, 7) is 5.07. The molecule has 0 aromatic carbocycles. The predicted molar refractivity (Wildman–Crippen MR) is 65.6 cm³/mol. The average molecular weight is 208 g/mol. The van der Waals surface area contributed by atoms with Crippen LogP contribution in [0.1, 0.15) is 52.4 Å². The lowest BCUT2D eigenvalue weighted by molar-refractivity contribution is 0.596. The van der Waals surface area contributed by atoms with E-state index in [1.54, 1.807) is 0 Å². The summed E-state index contributed by atoms with van der Waals surface area (Å²) in [7, 11) is 0. The molecule has 0 aromatic heterocycles. The van der Waals surface area contributed by atoms with E-state index < -0.39 is 0 Å². The van der Waals surface area contributed by atoms with Crippen LogP contribution in [0.25, 0.3) is 0 Å². The Bertz CT molecular complexity index is 191. The molecule has 0 amide bonds. The van der Waals surface area contributed by atoms with Gasteiger partial charge >= 0.3 is 0 Å². The first-order chi connectivity index (χ1) is 7.31. The van der Waals surface area contributed by atoms with Gasteiger partial charge in [-0.15, -0.1) is 0 Å². The minimum absolute atomic E-state index is 0.00917. The highest BCUT2D eigenvalue weighted by atomic mass is 14.9. The van der Waals surface area contributed by atoms with Crippen molar-refractivity contribution in [1.29, 1.82) is 5.26 Å². The zero-order chi connectivity index (χ0) is 11.4. The number of hydrogen-bond acceptors (Lipinski definition) is 2. The zero-order valence-corrected chi connectivity index (χ0v) is 10.1. The number of nitrogens with one attached hydrogen (secondary N) is 1. The topological polar surface area (TPSA) is 35.8 Å². The Hall–Kier alpha value is -0.810. The molecule has 1 N–H and O–H groups in total. The standard InChI is InChI=1S/C13H24N2/c1-3-4-5-6-7-8-9-10-11-15-13(2)12-14/h6-7,13,15H,3-5,8-11H2,1-2H3/b7-6+. The van der Waals surface area contributed by atoms with E-state index in [0.29, 0.717) is 0 Å². The Labute approximate surface area is 94.4 Å². The van der Waals surface area contributed by atoms with Crippen molar-refractivity contribution < 1.29 is 0 Å². The molecular formula is C13H24N2. The molecule has 15 heavy (non-hydrogen) atoms. The second-order valence-electron chi connectivity index (χ2n) is 3.91. The fourth-order valence-electron chi connectivity index (χ4n) is 1.31. The molecule has 86 valence electrons. The molecule has 0 radical (unpaired) electrons. The third kappa shape index (κ3) is 11.1. The first-order valence-corrected chi connectivity index (χ1v) is 6.09. The second-order valence-corrected chi connectivity index (χ2v) is 3.91. The van der Waals surface area contributed by atoms with Gasteiger partial charge in [0.25, 0.3) is 0 Å². The Morgan fingerprint density at radius 1 is 1.20 bits per heavy atom. The summed E-state index contributed by atoms with van der Waals surface area (Å²) in [5.41, 5.74) is 0. The molecule has 0 saturated carbocycles. The number of allylic oxidation sites excluding steroid dienone is 2. The molecule has 0 fully saturated rings. The molecular weight excluding hydrogens is 184 g/mol. The molecule has 0 rings (SSSR count). The maximum absolute atomic E-state index is 8.53. The molecule has 0 aromatic rings. The molecule has 1 unspecified atom stereocenters. The molecule has 0 aliphatic heterocycles. The van der Waals surface area contributed by atoms with Crippen LogP contribution >= 0.6 is 0 Å². The third-order valence-electron chi connectivity index (χ3n) is 2.33. The van der Waals surface area contributed by atoms with Crippen molar-refractivity contribution in [3.05, 3.63) is 12.2 Å². The minimum Gasteiger partial charge on any atom is -0.302 e. The highest BCUT2D eigenvalue weighted by Gasteiger charge is 1.95. The summed E-state index contributed by atoms with van der Waals surface area (Å²) in [4.78, 5) is 0. The van der Waals surface area contributed by atoms with Crippen LogP contribution in [-0.2, 0) is 0 Å². The van der Waals surface area contributed by atoms with Crippen LogP contribution in [0.3, 0.4) is 0 Å². The quantitative estimate of drug-likeness (QED) is 0.465. The van der Waals surface area contributed by atoms with Crippen molar-refractivity contribution in [2.45, 2.75) is 58.4 Å². The number of nitrogens with zero attached hydrogens (tertiary/aromatic N) is 1. The van der Waals surface area contributed by atoms with Gasteiger partial charge in [0.05, 0.1) is 12.1 Å². The SMILES string of the molecule is CCCC/C=C/CCCCNC(C)C#N. The summed E-state index contributed by atoms with van der Waals surface area (Å²) >= 11 is 0. The molecule has 0 bridgehead atoms. The maximum Gasteiger partial charge on any atom is 0.0924 e. The normalized spacial score (nSPS) is 12.9. The average Bonchev–Trinajstić information content (AvgIpc) is 2.26. The molecule has 0 aliphatic carbocycles. The number of hydrogen-bond donors (Lipinski definition) is 1. The van der Waals surface area contributed by atoms with Crippen molar-refractivity contribution in [3.63, 3.8) is 0 Å². The van der Waals surface area contributed by atoms with E-state index in [1.165, 1.54) is 32.1 Å². The first-order valence-electron chi connectivity index (χ1n) is 6.09. The van der Waals surface area contributed by atoms with Crippen LogP contribution in [0.4, 0.5) is 0 Å². The third-order valence-corrected chi connectivity index (χ3v) is 2.33. The van der Waals surface area contributed by atoms with Crippen molar-refractivity contribution in [3.8, 4) is 6.07 Å². The van der Waals surface area contributed by atoms with E-state index >= 15 is 0 Å². The summed E-state index contributed by atoms with van der Waals surface area (Å²) in [5.74, 6) is 0. The van der Waals surface area contributed by atoms with Gasteiger partial charge in [-0.25, -0.2) is 0 Å². The van der Waals surface area contributed by atoms with Gasteiger partial charge in [-0.2, -0.15) is 5.26 Å². The number of nitriles is 1. The van der Waals surface area contributed by atoms with Crippen LogP contribution in [0.5, 0.6) is 0 Å². The number of unbranched alkanes of at least 4 members (excludes halogenated alkanes) is 4. The summed E-state index contributed by atoms with van der Waals surface area (Å²) in [5, 5.41) is 11.7. The van der Waals surface area contributed by atoms with E-state index in [4.69, 9.17) is 5.26 Å². The first kappa shape index (κ1) is 14.2. The monoisotopic (exact) mass is 208 g/mol. The Morgan fingerprint density at radius 2 is 1.87 bits per heavy atom. The fraction of sp³-hybridized carbons (Fsp3) is 0.769. The van der Waals surface area contributed by atoms with Gasteiger partial charge in [0.2, 0.25) is 0 Å². The van der Waals surface area contributed by atoms with Gasteiger partial charge in [0, 0.05) is 0 Å². The van der Waals surface area contributed by atoms with E-state index in [2.05, 4.69) is 30.5 Å². The van der Waals surface area contributed by atoms with Gasteiger partial charge in [0.1, 0.15) is 0 Å². The van der Waals surface area contributed by atoms with Crippen molar-refractivity contribution >= 4 is 0 Å². The second kappa shape index (κ2) is 11.3. The van der Waals surface area contributed by atoms with Gasteiger partial charge in [0.15, 0.2) is 0 Å². The van der Waals surface area contributed by atoms with Crippen LogP contribution in [0.2, 0.25) is 0 Å². The number of rotatable bonds is 9. The van der Waals surface area contributed by atoms with E-state index in [9.17, 15) is 0 Å². The van der Waals surface area contributed by atoms with Crippen LogP contribution in [-0.4, -0.2) is 12.6 Å². The van der Waals surface area contributed by atoms with Crippen molar-refractivity contribution in [2.75, 3.05) is 6.54 Å². The van der Waals surface area contributed by atoms with E-state index in [0.717, 1.165) is 13.0 Å². The van der Waals surface area contributed by atoms with Gasteiger partial charge < -0.3 is 5.32 Å². The Balaban J connectivity index is 3.11. The lowest BCUT2D eigenvalue weighted by Gasteiger charge is -2.04. The molecule has 0 aliphatic rings. The zero-order valence-electron chi connectivity index (χ0n) is 10.1. The maximum atomic E-state index is 8.53. The summed E-state index contributed by atoms with van der Waals surface area (Å²) < 4.78 is 0. The Morgan fingerprint density at radius 3 is 2.47 bits per heavy atom. The van der Waals surface area contributed by atoms with Crippen LogP contribution < -0.4 is 5.32 Å². The molecule has 0 spiro atoms. The molecule has 0 heterocycles. The summed E-state index contributed by atoms with van der Waals surface area (Å²) in [6, 6.07) is 2.16. The summed E-state index contributed by atoms with van der Waals surface area (Å²) in [6.07, 6.45) is 11.9. The van der Waals surface area contributed by atoms with Crippen molar-refractivity contribution in [2.24, 2.45) is 0 Å². The lowest BCUT2D eigenvalue weighted by Crippen LogP contribution is -2.25. The van der Waals surface area contributed by atoms with E-state index in [-0.39, 0.29) is 6.04 Å². The Kier molecular flexibility index (Phi) is 10.7. The smallest absolute Gasteiger partial charge is 0.0924 e. The lowest BCUT2D eigenvalue weighted by atomic mass is 10.2. The van der Waals surface area contributed by atoms with Gasteiger partial charge in [-0.1, -0.05) is 31.9 Å². The fourth-order valence-corrected chi connectivity index (χ4v) is 1.31.